The molecule has 92 valence electrons. The largest absolute Gasteiger partial charge is 0.488 e. The summed E-state index contributed by atoms with van der Waals surface area (Å²) < 4.78 is 0. The van der Waals surface area contributed by atoms with E-state index < -0.39 is 7.12 Å². The van der Waals surface area contributed by atoms with Gasteiger partial charge in [0.05, 0.1) is 0 Å². The van der Waals surface area contributed by atoms with E-state index in [2.05, 4.69) is 5.32 Å². The molecule has 0 saturated heterocycles. The van der Waals surface area contributed by atoms with Crippen LogP contribution in [0.15, 0.2) is 24.3 Å². The highest BCUT2D eigenvalue weighted by Crippen LogP contribution is 2.10. The van der Waals surface area contributed by atoms with Crippen molar-refractivity contribution < 1.29 is 14.8 Å². The van der Waals surface area contributed by atoms with Gasteiger partial charge in [0.2, 0.25) is 5.91 Å². The van der Waals surface area contributed by atoms with Gasteiger partial charge >= 0.3 is 7.12 Å². The monoisotopic (exact) mass is 235 g/mol. The fourth-order valence-electron chi connectivity index (χ4n) is 1.61. The maximum atomic E-state index is 11.7. The van der Waals surface area contributed by atoms with Crippen LogP contribution in [0.5, 0.6) is 0 Å². The molecule has 0 radical (unpaired) electrons. The number of carbonyl (C=O) groups excluding carboxylic acids is 1. The van der Waals surface area contributed by atoms with E-state index in [-0.39, 0.29) is 11.8 Å². The molecule has 1 unspecified atom stereocenters. The van der Waals surface area contributed by atoms with Crippen molar-refractivity contribution in [2.45, 2.75) is 26.7 Å². The molecule has 1 aromatic rings. The minimum Gasteiger partial charge on any atom is -0.423 e. The number of hydrogen-bond donors (Lipinski definition) is 3. The third-order valence-electron chi connectivity index (χ3n) is 2.62. The second kappa shape index (κ2) is 6.42. The molecular formula is C12H18BNO3. The lowest BCUT2D eigenvalue weighted by molar-refractivity contribution is -0.119. The zero-order valence-electron chi connectivity index (χ0n) is 10.2. The summed E-state index contributed by atoms with van der Waals surface area (Å²) in [5.41, 5.74) is 0.953. The molecule has 0 bridgehead atoms. The molecule has 0 aromatic heterocycles. The predicted octanol–water partition coefficient (Wildman–Crippen LogP) is 0.741. The quantitative estimate of drug-likeness (QED) is 0.659. The van der Waals surface area contributed by atoms with E-state index in [9.17, 15) is 4.79 Å². The highest BCUT2D eigenvalue weighted by Gasteiger charge is 2.14. The van der Waals surface area contributed by atoms with Crippen LogP contribution in [0.3, 0.4) is 0 Å². The van der Waals surface area contributed by atoms with Gasteiger partial charge in [0, 0.05) is 11.6 Å². The van der Waals surface area contributed by atoms with Gasteiger partial charge in [-0.3, -0.25) is 4.79 Å². The Kier molecular flexibility index (Phi) is 5.19. The first-order valence-corrected chi connectivity index (χ1v) is 5.81. The Balaban J connectivity index is 2.68. The van der Waals surface area contributed by atoms with E-state index >= 15 is 0 Å². The Labute approximate surface area is 102 Å². The molecule has 1 amide bonds. The Morgan fingerprint density at radius 2 is 2.18 bits per heavy atom. The lowest BCUT2D eigenvalue weighted by atomic mass is 9.80. The fourth-order valence-corrected chi connectivity index (χ4v) is 1.61. The first-order chi connectivity index (χ1) is 8.04. The van der Waals surface area contributed by atoms with Crippen LogP contribution in [0, 0.1) is 5.92 Å². The van der Waals surface area contributed by atoms with Crippen molar-refractivity contribution in [2.75, 3.05) is 5.32 Å². The maximum absolute atomic E-state index is 11.7. The van der Waals surface area contributed by atoms with E-state index in [1.807, 2.05) is 13.8 Å². The third kappa shape index (κ3) is 4.21. The molecule has 17 heavy (non-hydrogen) atoms. The molecule has 0 saturated carbocycles. The molecule has 1 atom stereocenters. The number of nitrogens with one attached hydrogen (secondary N) is 1. The number of benzene rings is 1. The van der Waals surface area contributed by atoms with E-state index in [1.54, 1.807) is 24.3 Å². The predicted molar refractivity (Wildman–Crippen MR) is 69.0 cm³/mol. The van der Waals surface area contributed by atoms with Crippen molar-refractivity contribution in [3.63, 3.8) is 0 Å². The van der Waals surface area contributed by atoms with Gasteiger partial charge in [-0.1, -0.05) is 32.4 Å². The fraction of sp³-hybridized carbons (Fsp3) is 0.417. The van der Waals surface area contributed by atoms with Gasteiger partial charge in [-0.2, -0.15) is 0 Å². The average Bonchev–Trinajstić information content (AvgIpc) is 2.29. The maximum Gasteiger partial charge on any atom is 0.488 e. The van der Waals surface area contributed by atoms with Crippen LogP contribution >= 0.6 is 0 Å². The highest BCUT2D eigenvalue weighted by atomic mass is 16.4. The van der Waals surface area contributed by atoms with Crippen molar-refractivity contribution >= 4 is 24.2 Å². The van der Waals surface area contributed by atoms with Crippen LogP contribution in [0.25, 0.3) is 0 Å². The Morgan fingerprint density at radius 3 is 2.76 bits per heavy atom. The van der Waals surface area contributed by atoms with E-state index in [4.69, 9.17) is 10.0 Å². The molecular weight excluding hydrogens is 217 g/mol. The number of amides is 1. The van der Waals surface area contributed by atoms with Gasteiger partial charge in [-0.25, -0.2) is 0 Å². The van der Waals surface area contributed by atoms with Crippen LogP contribution in [0.2, 0.25) is 0 Å². The lowest BCUT2D eigenvalue weighted by Crippen LogP contribution is -2.30. The average molecular weight is 235 g/mol. The summed E-state index contributed by atoms with van der Waals surface area (Å²) in [5.74, 6) is -0.0841. The van der Waals surface area contributed by atoms with Gasteiger partial charge in [-0.05, 0) is 24.0 Å². The van der Waals surface area contributed by atoms with Crippen LogP contribution < -0.4 is 10.8 Å². The number of rotatable bonds is 5. The SMILES string of the molecule is CCCC(C)C(=O)Nc1cccc(B(O)O)c1. The highest BCUT2D eigenvalue weighted by molar-refractivity contribution is 6.58. The molecule has 0 fully saturated rings. The van der Waals surface area contributed by atoms with Crippen molar-refractivity contribution in [1.29, 1.82) is 0 Å². The number of hydrogen-bond acceptors (Lipinski definition) is 3. The standard InChI is InChI=1S/C12H18BNO3/c1-3-5-9(2)12(15)14-11-7-4-6-10(8-11)13(16)17/h4,6-9,16-17H,3,5H2,1-2H3,(H,14,15). The Hall–Kier alpha value is -1.33. The zero-order chi connectivity index (χ0) is 12.8. The first-order valence-electron chi connectivity index (χ1n) is 5.81. The molecule has 0 aliphatic heterocycles. The minimum absolute atomic E-state index is 0.0392. The van der Waals surface area contributed by atoms with Gasteiger partial charge in [0.25, 0.3) is 0 Å². The second-order valence-corrected chi connectivity index (χ2v) is 4.18. The van der Waals surface area contributed by atoms with Crippen molar-refractivity contribution in [3.8, 4) is 0 Å². The lowest BCUT2D eigenvalue weighted by Gasteiger charge is -2.11. The minimum atomic E-state index is -1.51. The molecule has 0 aliphatic carbocycles. The summed E-state index contributed by atoms with van der Waals surface area (Å²) in [5, 5.41) is 20.8. The van der Waals surface area contributed by atoms with Crippen LogP contribution in [-0.2, 0) is 4.79 Å². The molecule has 0 aliphatic rings. The Morgan fingerprint density at radius 1 is 1.47 bits per heavy atom. The number of anilines is 1. The summed E-state index contributed by atoms with van der Waals surface area (Å²) in [4.78, 5) is 11.7. The van der Waals surface area contributed by atoms with E-state index in [0.717, 1.165) is 12.8 Å². The Bertz CT molecular complexity index is 382. The van der Waals surface area contributed by atoms with Gasteiger partial charge < -0.3 is 15.4 Å². The van der Waals surface area contributed by atoms with Crippen molar-refractivity contribution in [1.82, 2.24) is 0 Å². The first kappa shape index (κ1) is 13.7. The molecule has 3 N–H and O–H groups in total. The van der Waals surface area contributed by atoms with Crippen LogP contribution in [0.1, 0.15) is 26.7 Å². The van der Waals surface area contributed by atoms with E-state index in [1.165, 1.54) is 0 Å². The third-order valence-corrected chi connectivity index (χ3v) is 2.62. The number of carbonyl (C=O) groups is 1. The van der Waals surface area contributed by atoms with Gasteiger partial charge in [-0.15, -0.1) is 0 Å². The summed E-state index contributed by atoms with van der Waals surface area (Å²) in [6, 6.07) is 6.55. The molecule has 0 heterocycles. The van der Waals surface area contributed by atoms with Crippen molar-refractivity contribution in [2.24, 2.45) is 5.92 Å². The summed E-state index contributed by atoms with van der Waals surface area (Å²) in [6.07, 6.45) is 1.80. The molecule has 4 nitrogen and oxygen atoms in total. The van der Waals surface area contributed by atoms with Crippen LogP contribution in [0.4, 0.5) is 5.69 Å². The summed E-state index contributed by atoms with van der Waals surface area (Å²) >= 11 is 0. The van der Waals surface area contributed by atoms with Gasteiger partial charge in [0.15, 0.2) is 0 Å². The van der Waals surface area contributed by atoms with E-state index in [0.29, 0.717) is 11.2 Å². The normalized spacial score (nSPS) is 12.0. The second-order valence-electron chi connectivity index (χ2n) is 4.18. The smallest absolute Gasteiger partial charge is 0.423 e. The summed E-state index contributed by atoms with van der Waals surface area (Å²) in [7, 11) is -1.51. The summed E-state index contributed by atoms with van der Waals surface area (Å²) in [6.45, 7) is 3.91. The molecule has 5 heteroatoms. The topological polar surface area (TPSA) is 69.6 Å². The van der Waals surface area contributed by atoms with Crippen LogP contribution in [-0.4, -0.2) is 23.1 Å². The molecule has 0 spiro atoms. The van der Waals surface area contributed by atoms with Crippen molar-refractivity contribution in [3.05, 3.63) is 24.3 Å². The zero-order valence-corrected chi connectivity index (χ0v) is 10.2. The van der Waals surface area contributed by atoms with Gasteiger partial charge in [0.1, 0.15) is 0 Å². The molecule has 1 rings (SSSR count). The molecule has 1 aromatic carbocycles.